The predicted molar refractivity (Wildman–Crippen MR) is 121 cm³/mol. The Labute approximate surface area is 182 Å². The first-order valence-corrected chi connectivity index (χ1v) is 10.8. The van der Waals surface area contributed by atoms with Crippen molar-refractivity contribution in [3.63, 3.8) is 0 Å². The molecule has 0 bridgehead atoms. The number of thiazole rings is 1. The molecular weight excluding hydrogens is 497 g/mol. The maximum absolute atomic E-state index is 11.7. The van der Waals surface area contributed by atoms with Crippen LogP contribution in [-0.2, 0) is 29.5 Å². The van der Waals surface area contributed by atoms with Crippen molar-refractivity contribution in [1.82, 2.24) is 20.3 Å². The smallest absolute Gasteiger partial charge is 0.240 e. The van der Waals surface area contributed by atoms with Gasteiger partial charge in [-0.1, -0.05) is 19.1 Å². The van der Waals surface area contributed by atoms with Gasteiger partial charge in [0, 0.05) is 17.6 Å². The van der Waals surface area contributed by atoms with Gasteiger partial charge in [0.1, 0.15) is 5.01 Å². The number of aromatic nitrogens is 1. The first-order chi connectivity index (χ1) is 12.5. The summed E-state index contributed by atoms with van der Waals surface area (Å²) in [6.07, 6.45) is 2.90. The number of aryl methyl sites for hydroxylation is 1. The topological polar surface area (TPSA) is 95.5 Å². The lowest BCUT2D eigenvalue weighted by atomic mass is 10.2. The Balaban J connectivity index is 0.00000364. The number of hydrogen-bond donors (Lipinski definition) is 3. The quantitative estimate of drug-likeness (QED) is 0.281. The molecule has 3 N–H and O–H groups in total. The lowest BCUT2D eigenvalue weighted by Crippen LogP contribution is -2.36. The highest BCUT2D eigenvalue weighted by atomic mass is 127. The van der Waals surface area contributed by atoms with Crippen LogP contribution in [0.2, 0.25) is 0 Å². The average molecular weight is 523 g/mol. The lowest BCUT2D eigenvalue weighted by molar-refractivity contribution is 0.588. The van der Waals surface area contributed by atoms with Gasteiger partial charge in [-0.15, -0.1) is 35.3 Å². The predicted octanol–water partition coefficient (Wildman–Crippen LogP) is 2.49. The number of rotatable bonds is 8. The number of halogens is 1. The maximum atomic E-state index is 11.7. The molecule has 2 aromatic rings. The molecule has 1 heterocycles. The summed E-state index contributed by atoms with van der Waals surface area (Å²) >= 11 is 1.69. The van der Waals surface area contributed by atoms with E-state index in [4.69, 9.17) is 0 Å². The van der Waals surface area contributed by atoms with Crippen LogP contribution in [0.3, 0.4) is 0 Å². The molecule has 0 amide bonds. The number of hydrogen-bond acceptors (Lipinski definition) is 5. The molecule has 1 aromatic heterocycles. The zero-order chi connectivity index (χ0) is 19.0. The van der Waals surface area contributed by atoms with Crippen molar-refractivity contribution in [3.8, 4) is 0 Å². The summed E-state index contributed by atoms with van der Waals surface area (Å²) in [6.45, 7) is 5.95. The Morgan fingerprint density at radius 1 is 1.19 bits per heavy atom. The number of nitrogens with zero attached hydrogens (tertiary/aromatic N) is 2. The van der Waals surface area contributed by atoms with Crippen molar-refractivity contribution in [1.29, 1.82) is 0 Å². The summed E-state index contributed by atoms with van der Waals surface area (Å²) in [7, 11) is -2.01. The SMILES string of the molecule is CCNC(=NCc1ccc(S(=O)(=O)NC)cc1)NCc1ncc(CC)s1.I. The zero-order valence-electron chi connectivity index (χ0n) is 15.7. The van der Waals surface area contributed by atoms with Crippen LogP contribution in [0.25, 0.3) is 0 Å². The van der Waals surface area contributed by atoms with Gasteiger partial charge < -0.3 is 10.6 Å². The second-order valence-electron chi connectivity index (χ2n) is 5.47. The molecule has 7 nitrogen and oxygen atoms in total. The summed E-state index contributed by atoms with van der Waals surface area (Å²) in [5, 5.41) is 7.49. The first kappa shape index (κ1) is 23.8. The Bertz CT molecular complexity index is 835. The Morgan fingerprint density at radius 3 is 2.44 bits per heavy atom. The summed E-state index contributed by atoms with van der Waals surface area (Å²) in [6, 6.07) is 6.70. The number of sulfonamides is 1. The lowest BCUT2D eigenvalue weighted by Gasteiger charge is -2.10. The molecule has 0 spiro atoms. The Hall–Kier alpha value is -1.24. The molecule has 0 unspecified atom stereocenters. The maximum Gasteiger partial charge on any atom is 0.240 e. The number of nitrogens with one attached hydrogen (secondary N) is 3. The van der Waals surface area contributed by atoms with Gasteiger partial charge in [-0.05, 0) is 38.1 Å². The van der Waals surface area contributed by atoms with E-state index in [2.05, 4.69) is 32.3 Å². The van der Waals surface area contributed by atoms with Gasteiger partial charge >= 0.3 is 0 Å². The van der Waals surface area contributed by atoms with Gasteiger partial charge in [0.25, 0.3) is 0 Å². The molecule has 27 heavy (non-hydrogen) atoms. The molecule has 2 rings (SSSR count). The van der Waals surface area contributed by atoms with Crippen molar-refractivity contribution in [3.05, 3.63) is 45.9 Å². The summed E-state index contributed by atoms with van der Waals surface area (Å²) in [5.74, 6) is 0.702. The third-order valence-electron chi connectivity index (χ3n) is 3.62. The van der Waals surface area contributed by atoms with E-state index < -0.39 is 10.0 Å². The van der Waals surface area contributed by atoms with Gasteiger partial charge in [-0.3, -0.25) is 0 Å². The van der Waals surface area contributed by atoms with E-state index in [9.17, 15) is 8.42 Å². The van der Waals surface area contributed by atoms with Crippen LogP contribution in [0.15, 0.2) is 40.4 Å². The van der Waals surface area contributed by atoms with E-state index in [0.717, 1.165) is 23.5 Å². The van der Waals surface area contributed by atoms with Gasteiger partial charge in [0.05, 0.1) is 18.0 Å². The molecular formula is C17H26IN5O2S2. The second-order valence-corrected chi connectivity index (χ2v) is 8.56. The highest BCUT2D eigenvalue weighted by Gasteiger charge is 2.10. The molecule has 10 heteroatoms. The van der Waals surface area contributed by atoms with Crippen LogP contribution in [0.5, 0.6) is 0 Å². The Kier molecular flexibility index (Phi) is 10.2. The number of guanidine groups is 1. The summed E-state index contributed by atoms with van der Waals surface area (Å²) in [5.41, 5.74) is 0.930. The molecule has 0 saturated heterocycles. The fraction of sp³-hybridized carbons (Fsp3) is 0.412. The minimum atomic E-state index is -3.41. The van der Waals surface area contributed by atoms with E-state index >= 15 is 0 Å². The molecule has 0 aliphatic heterocycles. The average Bonchev–Trinajstić information content (AvgIpc) is 3.12. The van der Waals surface area contributed by atoms with E-state index in [0.29, 0.717) is 19.0 Å². The fourth-order valence-electron chi connectivity index (χ4n) is 2.16. The minimum Gasteiger partial charge on any atom is -0.357 e. The first-order valence-electron chi connectivity index (χ1n) is 8.46. The van der Waals surface area contributed by atoms with Crippen molar-refractivity contribution < 1.29 is 8.42 Å². The van der Waals surface area contributed by atoms with E-state index in [-0.39, 0.29) is 28.9 Å². The van der Waals surface area contributed by atoms with Gasteiger partial charge in [-0.25, -0.2) is 23.1 Å². The zero-order valence-corrected chi connectivity index (χ0v) is 19.6. The van der Waals surface area contributed by atoms with Crippen molar-refractivity contribution in [2.75, 3.05) is 13.6 Å². The number of aliphatic imine (C=N–C) groups is 1. The highest BCUT2D eigenvalue weighted by molar-refractivity contribution is 14.0. The van der Waals surface area contributed by atoms with E-state index in [1.165, 1.54) is 11.9 Å². The van der Waals surface area contributed by atoms with E-state index in [1.807, 2.05) is 13.1 Å². The van der Waals surface area contributed by atoms with Crippen LogP contribution in [0.4, 0.5) is 0 Å². The molecule has 0 fully saturated rings. The molecule has 0 atom stereocenters. The van der Waals surface area contributed by atoms with Crippen LogP contribution < -0.4 is 15.4 Å². The van der Waals surface area contributed by atoms with Crippen molar-refractivity contribution in [2.45, 2.75) is 38.3 Å². The third kappa shape index (κ3) is 7.35. The number of benzene rings is 1. The molecule has 0 radical (unpaired) electrons. The van der Waals surface area contributed by atoms with Crippen LogP contribution in [0, 0.1) is 0 Å². The molecule has 0 aliphatic rings. The van der Waals surface area contributed by atoms with Crippen LogP contribution in [-0.4, -0.2) is 33.0 Å². The second kappa shape index (κ2) is 11.6. The molecule has 0 aliphatic carbocycles. The Morgan fingerprint density at radius 2 is 1.89 bits per heavy atom. The minimum absolute atomic E-state index is 0. The van der Waals surface area contributed by atoms with Crippen LogP contribution in [0.1, 0.15) is 29.3 Å². The molecule has 0 saturated carbocycles. The van der Waals surface area contributed by atoms with Crippen LogP contribution >= 0.6 is 35.3 Å². The highest BCUT2D eigenvalue weighted by Crippen LogP contribution is 2.13. The summed E-state index contributed by atoms with van der Waals surface area (Å²) < 4.78 is 25.8. The van der Waals surface area contributed by atoms with Gasteiger partial charge in [-0.2, -0.15) is 0 Å². The third-order valence-corrected chi connectivity index (χ3v) is 6.20. The normalized spacial score (nSPS) is 11.7. The van der Waals surface area contributed by atoms with Crippen molar-refractivity contribution in [2.24, 2.45) is 4.99 Å². The standard InChI is InChI=1S/C17H25N5O2S2.HI/c1-4-14-11-20-16(25-14)12-22-17(19-5-2)21-10-13-6-8-15(9-7-13)26(23,24)18-3;/h6-9,11,18H,4-5,10,12H2,1-3H3,(H2,19,21,22);1H. The monoisotopic (exact) mass is 523 g/mol. The largest absolute Gasteiger partial charge is 0.357 e. The molecule has 1 aromatic carbocycles. The van der Waals surface area contributed by atoms with Crippen molar-refractivity contribution >= 4 is 51.3 Å². The fourth-order valence-corrected chi connectivity index (χ4v) is 3.69. The van der Waals surface area contributed by atoms with Gasteiger partial charge in [0.2, 0.25) is 10.0 Å². The summed E-state index contributed by atoms with van der Waals surface area (Å²) in [4.78, 5) is 10.4. The molecule has 150 valence electrons. The van der Waals surface area contributed by atoms with E-state index in [1.54, 1.807) is 35.6 Å². The van der Waals surface area contributed by atoms with Gasteiger partial charge in [0.15, 0.2) is 5.96 Å².